The van der Waals surface area contributed by atoms with Gasteiger partial charge >= 0.3 is 0 Å². The number of hydrogen-bond acceptors (Lipinski definition) is 4. The van der Waals surface area contributed by atoms with Crippen molar-refractivity contribution in [2.75, 3.05) is 6.26 Å². The lowest BCUT2D eigenvalue weighted by molar-refractivity contribution is 0.416. The number of fused-ring (bicyclic) bond motifs is 1. The summed E-state index contributed by atoms with van der Waals surface area (Å²) in [5, 5.41) is 15.2. The Morgan fingerprint density at radius 1 is 1.29 bits per heavy atom. The molecule has 0 spiro atoms. The highest BCUT2D eigenvalue weighted by Crippen LogP contribution is 2.28. The number of nitrogens with zero attached hydrogens (tertiary/aromatic N) is 3. The van der Waals surface area contributed by atoms with Crippen LogP contribution in [0, 0.1) is 6.92 Å². The van der Waals surface area contributed by atoms with Gasteiger partial charge in [-0.05, 0) is 30.2 Å². The highest BCUT2D eigenvalue weighted by Gasteiger charge is 2.21. The van der Waals surface area contributed by atoms with Gasteiger partial charge in [0.05, 0.1) is 5.69 Å². The minimum Gasteiger partial charge on any atom is -0.611 e. The lowest BCUT2D eigenvalue weighted by Gasteiger charge is -2.09. The highest BCUT2D eigenvalue weighted by atomic mass is 35.5. The molecule has 1 unspecified atom stereocenters. The van der Waals surface area contributed by atoms with Gasteiger partial charge in [0.15, 0.2) is 5.65 Å². The van der Waals surface area contributed by atoms with Crippen LogP contribution in [0.5, 0.6) is 5.88 Å². The zero-order valence-electron chi connectivity index (χ0n) is 11.4. The van der Waals surface area contributed by atoms with Crippen LogP contribution in [0.15, 0.2) is 35.2 Å². The highest BCUT2D eigenvalue weighted by molar-refractivity contribution is 7.90. The van der Waals surface area contributed by atoms with Crippen LogP contribution in [0.3, 0.4) is 0 Å². The molecular weight excluding hydrogens is 310 g/mol. The van der Waals surface area contributed by atoms with Crippen LogP contribution >= 0.6 is 11.6 Å². The number of rotatable bonds is 2. The van der Waals surface area contributed by atoms with Gasteiger partial charge in [-0.3, -0.25) is 0 Å². The Kier molecular flexibility index (Phi) is 3.52. The maximum Gasteiger partial charge on any atom is 0.273 e. The van der Waals surface area contributed by atoms with Crippen molar-refractivity contribution in [3.8, 4) is 17.1 Å². The molecular formula is C14H12ClN3O2S. The monoisotopic (exact) mass is 321 g/mol. The number of aromatic hydroxyl groups is 1. The van der Waals surface area contributed by atoms with Crippen LogP contribution in [0.2, 0.25) is 5.02 Å². The van der Waals surface area contributed by atoms with Gasteiger partial charge in [-0.25, -0.2) is 4.98 Å². The second kappa shape index (κ2) is 5.22. The summed E-state index contributed by atoms with van der Waals surface area (Å²) in [5.74, 6) is -0.140. The number of hydrogen-bond donors (Lipinski definition) is 1. The zero-order valence-corrected chi connectivity index (χ0v) is 12.9. The largest absolute Gasteiger partial charge is 0.611 e. The molecule has 0 aliphatic heterocycles. The number of benzene rings is 1. The first-order chi connectivity index (χ1) is 9.97. The maximum absolute atomic E-state index is 11.7. The zero-order chi connectivity index (χ0) is 15.1. The summed E-state index contributed by atoms with van der Waals surface area (Å²) in [6, 6.07) is 8.98. The van der Waals surface area contributed by atoms with Gasteiger partial charge in [-0.2, -0.15) is 9.61 Å². The first kappa shape index (κ1) is 14.2. The van der Waals surface area contributed by atoms with E-state index >= 15 is 0 Å². The van der Waals surface area contributed by atoms with Crippen molar-refractivity contribution in [1.82, 2.24) is 14.6 Å². The first-order valence-corrected chi connectivity index (χ1v) is 8.09. The molecule has 0 aliphatic carbocycles. The predicted octanol–water partition coefficient (Wildman–Crippen LogP) is 2.80. The lowest BCUT2D eigenvalue weighted by Crippen LogP contribution is -2.06. The Hall–Kier alpha value is -1.76. The van der Waals surface area contributed by atoms with Crippen LogP contribution < -0.4 is 0 Å². The smallest absolute Gasteiger partial charge is 0.273 e. The molecule has 0 aliphatic rings. The molecule has 0 radical (unpaired) electrons. The van der Waals surface area contributed by atoms with Crippen molar-refractivity contribution in [2.45, 2.75) is 11.8 Å². The van der Waals surface area contributed by atoms with Crippen LogP contribution in [-0.4, -0.2) is 30.5 Å². The summed E-state index contributed by atoms with van der Waals surface area (Å²) < 4.78 is 13.0. The quantitative estimate of drug-likeness (QED) is 0.737. The van der Waals surface area contributed by atoms with Crippen molar-refractivity contribution in [2.24, 2.45) is 0 Å². The van der Waals surface area contributed by atoms with Crippen LogP contribution in [0.25, 0.3) is 16.9 Å². The molecule has 2 aromatic heterocycles. The molecule has 3 rings (SSSR count). The average Bonchev–Trinajstić information content (AvgIpc) is 2.83. The Morgan fingerprint density at radius 3 is 2.57 bits per heavy atom. The average molecular weight is 322 g/mol. The van der Waals surface area contributed by atoms with E-state index in [0.717, 1.165) is 5.56 Å². The van der Waals surface area contributed by atoms with Crippen molar-refractivity contribution < 1.29 is 9.66 Å². The van der Waals surface area contributed by atoms with E-state index in [1.807, 2.05) is 12.1 Å². The van der Waals surface area contributed by atoms with E-state index in [2.05, 4.69) is 10.1 Å². The van der Waals surface area contributed by atoms with Crippen LogP contribution in [0.4, 0.5) is 0 Å². The van der Waals surface area contributed by atoms with E-state index in [-0.39, 0.29) is 5.88 Å². The molecule has 0 saturated heterocycles. The van der Waals surface area contributed by atoms with Gasteiger partial charge < -0.3 is 9.66 Å². The van der Waals surface area contributed by atoms with Crippen molar-refractivity contribution in [3.05, 3.63) is 41.0 Å². The summed E-state index contributed by atoms with van der Waals surface area (Å²) in [6.45, 7) is 1.71. The SMILES string of the molecule is Cc1nc2cc(-c3ccc(Cl)cc3)nn2c(O)c1[S+](C)[O-]. The van der Waals surface area contributed by atoms with E-state index < -0.39 is 11.2 Å². The van der Waals surface area contributed by atoms with Gasteiger partial charge in [0.1, 0.15) is 11.9 Å². The molecule has 0 saturated carbocycles. The maximum atomic E-state index is 11.7. The summed E-state index contributed by atoms with van der Waals surface area (Å²) >= 11 is 4.53. The fourth-order valence-electron chi connectivity index (χ4n) is 2.19. The van der Waals surface area contributed by atoms with E-state index in [0.29, 0.717) is 27.0 Å². The molecule has 3 aromatic rings. The molecule has 108 valence electrons. The topological polar surface area (TPSA) is 73.5 Å². The molecule has 5 nitrogen and oxygen atoms in total. The molecule has 0 amide bonds. The molecule has 0 bridgehead atoms. The molecule has 2 heterocycles. The normalized spacial score (nSPS) is 12.8. The number of halogens is 1. The lowest BCUT2D eigenvalue weighted by atomic mass is 10.2. The third-order valence-corrected chi connectivity index (χ3v) is 4.44. The van der Waals surface area contributed by atoms with Crippen molar-refractivity contribution in [3.63, 3.8) is 0 Å². The van der Waals surface area contributed by atoms with E-state index in [4.69, 9.17) is 11.6 Å². The molecule has 0 fully saturated rings. The van der Waals surface area contributed by atoms with Gasteiger partial charge in [0, 0.05) is 16.7 Å². The second-order valence-electron chi connectivity index (χ2n) is 4.61. The molecule has 7 heteroatoms. The first-order valence-electron chi connectivity index (χ1n) is 6.16. The third-order valence-electron chi connectivity index (χ3n) is 3.13. The molecule has 1 aromatic carbocycles. The molecule has 21 heavy (non-hydrogen) atoms. The predicted molar refractivity (Wildman–Crippen MR) is 82.2 cm³/mol. The van der Waals surface area contributed by atoms with Gasteiger partial charge in [0.2, 0.25) is 4.90 Å². The van der Waals surface area contributed by atoms with E-state index in [1.54, 1.807) is 25.1 Å². The number of aryl methyl sites for hydroxylation is 1. The van der Waals surface area contributed by atoms with Crippen LogP contribution in [0.1, 0.15) is 5.69 Å². The van der Waals surface area contributed by atoms with E-state index in [1.165, 1.54) is 10.8 Å². The van der Waals surface area contributed by atoms with Gasteiger partial charge in [0.25, 0.3) is 5.88 Å². The minimum absolute atomic E-state index is 0.140. The van der Waals surface area contributed by atoms with Crippen molar-refractivity contribution >= 4 is 28.4 Å². The fraction of sp³-hybridized carbons (Fsp3) is 0.143. The minimum atomic E-state index is -1.34. The Labute approximate surface area is 129 Å². The Morgan fingerprint density at radius 2 is 1.95 bits per heavy atom. The summed E-state index contributed by atoms with van der Waals surface area (Å²) in [7, 11) is 0. The summed E-state index contributed by atoms with van der Waals surface area (Å²) in [5.41, 5.74) is 2.56. The fourth-order valence-corrected chi connectivity index (χ4v) is 3.12. The standard InChI is InChI=1S/C14H12ClN3O2S/c1-8-13(21(2)20)14(19)18-12(16-8)7-11(17-18)9-3-5-10(15)6-4-9/h3-7,19H,1-2H3. The number of aromatic nitrogens is 3. The Bertz CT molecular complexity index is 815. The summed E-state index contributed by atoms with van der Waals surface area (Å²) in [6.07, 6.45) is 1.50. The molecule has 1 N–H and O–H groups in total. The van der Waals surface area contributed by atoms with E-state index in [9.17, 15) is 9.66 Å². The third kappa shape index (κ3) is 2.46. The van der Waals surface area contributed by atoms with Crippen LogP contribution in [-0.2, 0) is 11.2 Å². The molecule has 1 atom stereocenters. The summed E-state index contributed by atoms with van der Waals surface area (Å²) in [4.78, 5) is 4.64. The Balaban J connectivity index is 2.20. The second-order valence-corrected chi connectivity index (χ2v) is 6.36. The van der Waals surface area contributed by atoms with Gasteiger partial charge in [-0.1, -0.05) is 23.7 Å². The van der Waals surface area contributed by atoms with Crippen molar-refractivity contribution in [1.29, 1.82) is 0 Å². The van der Waals surface area contributed by atoms with Gasteiger partial charge in [-0.15, -0.1) is 0 Å².